The second-order valence-corrected chi connectivity index (χ2v) is 2.77. The molecule has 0 aliphatic carbocycles. The smallest absolute Gasteiger partial charge is 0.267 e. The van der Waals surface area contributed by atoms with Crippen molar-refractivity contribution in [1.82, 2.24) is 5.06 Å². The van der Waals surface area contributed by atoms with Crippen molar-refractivity contribution in [3.63, 3.8) is 0 Å². The lowest BCUT2D eigenvalue weighted by atomic mass is 10.4. The average Bonchev–Trinajstić information content (AvgIpc) is 2.28. The van der Waals surface area contributed by atoms with E-state index in [9.17, 15) is 4.79 Å². The lowest BCUT2D eigenvalue weighted by Gasteiger charge is -2.18. The Morgan fingerprint density at radius 2 is 2.64 bits per heavy atom. The highest BCUT2D eigenvalue weighted by molar-refractivity contribution is 9.09. The van der Waals surface area contributed by atoms with E-state index in [2.05, 4.69) is 15.9 Å². The van der Waals surface area contributed by atoms with Crippen LogP contribution in [0.15, 0.2) is 11.8 Å². The number of nitrogens with zero attached hydrogens (tertiary/aromatic N) is 1. The van der Waals surface area contributed by atoms with Crippen LogP contribution < -0.4 is 5.73 Å². The van der Waals surface area contributed by atoms with E-state index in [0.29, 0.717) is 5.76 Å². The number of halogens is 1. The van der Waals surface area contributed by atoms with Crippen LogP contribution in [0, 0.1) is 0 Å². The number of hydroxylamine groups is 2. The number of hydrogen-bond acceptors (Lipinski definition) is 3. The first kappa shape index (κ1) is 8.55. The Bertz CT molecular complexity index is 205. The topological polar surface area (TPSA) is 55.6 Å². The Balaban J connectivity index is 2.59. The lowest BCUT2D eigenvalue weighted by Crippen LogP contribution is -2.41. The molecule has 0 fully saturated rings. The number of allylic oxidation sites excluding steroid dienone is 1. The highest BCUT2D eigenvalue weighted by Crippen LogP contribution is 2.14. The minimum absolute atomic E-state index is 0.175. The normalized spacial score (nSPS) is 23.0. The molecule has 2 N–H and O–H groups in total. The van der Waals surface area contributed by atoms with Gasteiger partial charge in [-0.25, -0.2) is 0 Å². The summed E-state index contributed by atoms with van der Waals surface area (Å²) in [5.41, 5.74) is 5.53. The highest BCUT2D eigenvalue weighted by atomic mass is 79.9. The van der Waals surface area contributed by atoms with E-state index in [1.165, 1.54) is 0 Å². The summed E-state index contributed by atoms with van der Waals surface area (Å²) in [6.07, 6.45) is 1.24. The third-order valence-corrected chi connectivity index (χ3v) is 1.76. The van der Waals surface area contributed by atoms with Crippen molar-refractivity contribution in [3.05, 3.63) is 11.8 Å². The van der Waals surface area contributed by atoms with Crippen molar-refractivity contribution in [2.24, 2.45) is 5.73 Å². The SMILES string of the molecule is CC1=CC(N)N(C(=O)CBr)O1. The van der Waals surface area contributed by atoms with Crippen molar-refractivity contribution < 1.29 is 9.63 Å². The Labute approximate surface area is 73.1 Å². The van der Waals surface area contributed by atoms with E-state index >= 15 is 0 Å². The van der Waals surface area contributed by atoms with Crippen molar-refractivity contribution >= 4 is 21.8 Å². The van der Waals surface area contributed by atoms with Gasteiger partial charge in [0.2, 0.25) is 0 Å². The fraction of sp³-hybridized carbons (Fsp3) is 0.500. The first-order valence-electron chi connectivity index (χ1n) is 3.15. The van der Waals surface area contributed by atoms with Crippen LogP contribution in [-0.4, -0.2) is 22.5 Å². The molecular formula is C6H9BrN2O2. The molecule has 0 aromatic rings. The number of rotatable bonds is 1. The summed E-state index contributed by atoms with van der Waals surface area (Å²) >= 11 is 3.02. The van der Waals surface area contributed by atoms with Gasteiger partial charge in [-0.05, 0) is 13.0 Å². The molecule has 0 saturated carbocycles. The van der Waals surface area contributed by atoms with Gasteiger partial charge in [-0.2, -0.15) is 5.06 Å². The Morgan fingerprint density at radius 3 is 3.00 bits per heavy atom. The molecule has 1 atom stereocenters. The van der Waals surface area contributed by atoms with Gasteiger partial charge in [-0.15, -0.1) is 0 Å². The van der Waals surface area contributed by atoms with Gasteiger partial charge in [0.05, 0.1) is 5.33 Å². The van der Waals surface area contributed by atoms with E-state index in [0.717, 1.165) is 5.06 Å². The fourth-order valence-corrected chi connectivity index (χ4v) is 1.08. The third kappa shape index (κ3) is 1.72. The predicted molar refractivity (Wildman–Crippen MR) is 43.5 cm³/mol. The summed E-state index contributed by atoms with van der Waals surface area (Å²) < 4.78 is 0. The number of nitrogens with two attached hydrogens (primary N) is 1. The minimum Gasteiger partial charge on any atom is -0.380 e. The molecule has 1 amide bonds. The van der Waals surface area contributed by atoms with Crippen LogP contribution in [0.4, 0.5) is 0 Å². The van der Waals surface area contributed by atoms with Crippen LogP contribution in [0.2, 0.25) is 0 Å². The quantitative estimate of drug-likeness (QED) is 0.649. The maximum Gasteiger partial charge on any atom is 0.267 e. The first-order chi connectivity index (χ1) is 5.15. The molecule has 1 aliphatic heterocycles. The first-order valence-corrected chi connectivity index (χ1v) is 4.27. The molecule has 1 unspecified atom stereocenters. The van der Waals surface area contributed by atoms with Gasteiger partial charge in [-0.1, -0.05) is 15.9 Å². The van der Waals surface area contributed by atoms with Crippen molar-refractivity contribution in [3.8, 4) is 0 Å². The van der Waals surface area contributed by atoms with Crippen LogP contribution >= 0.6 is 15.9 Å². The zero-order valence-corrected chi connectivity index (χ0v) is 7.67. The second kappa shape index (κ2) is 3.23. The van der Waals surface area contributed by atoms with Gasteiger partial charge in [0.25, 0.3) is 5.91 Å². The summed E-state index contributed by atoms with van der Waals surface area (Å²) in [5.74, 6) is 0.484. The van der Waals surface area contributed by atoms with Gasteiger partial charge < -0.3 is 10.6 Å². The van der Waals surface area contributed by atoms with Gasteiger partial charge >= 0.3 is 0 Å². The van der Waals surface area contributed by atoms with Crippen LogP contribution in [0.25, 0.3) is 0 Å². The maximum atomic E-state index is 11.0. The van der Waals surface area contributed by atoms with Crippen LogP contribution in [0.5, 0.6) is 0 Å². The van der Waals surface area contributed by atoms with Crippen LogP contribution in [0.3, 0.4) is 0 Å². The number of amides is 1. The lowest BCUT2D eigenvalue weighted by molar-refractivity contribution is -0.168. The van der Waals surface area contributed by atoms with E-state index in [-0.39, 0.29) is 11.2 Å². The van der Waals surface area contributed by atoms with Gasteiger partial charge in [0.1, 0.15) is 11.9 Å². The van der Waals surface area contributed by atoms with Gasteiger partial charge in [-0.3, -0.25) is 4.79 Å². The van der Waals surface area contributed by atoms with Crippen LogP contribution in [0.1, 0.15) is 6.92 Å². The summed E-state index contributed by atoms with van der Waals surface area (Å²) in [6.45, 7) is 1.75. The van der Waals surface area contributed by atoms with E-state index in [1.807, 2.05) is 0 Å². The third-order valence-electron chi connectivity index (χ3n) is 1.28. The minimum atomic E-state index is -0.444. The molecule has 0 aromatic heterocycles. The van der Waals surface area contributed by atoms with Gasteiger partial charge in [0.15, 0.2) is 0 Å². The van der Waals surface area contributed by atoms with Crippen LogP contribution in [-0.2, 0) is 9.63 Å². The van der Waals surface area contributed by atoms with Crippen molar-refractivity contribution in [2.45, 2.75) is 13.1 Å². The summed E-state index contributed by atoms with van der Waals surface area (Å²) in [5, 5.41) is 1.37. The molecule has 0 aromatic carbocycles. The molecule has 0 spiro atoms. The van der Waals surface area contributed by atoms with E-state index < -0.39 is 6.17 Å². The standard InChI is InChI=1S/C6H9BrN2O2/c1-4-2-5(8)9(11-4)6(10)3-7/h2,5H,3,8H2,1H3. The van der Waals surface area contributed by atoms with Crippen molar-refractivity contribution in [2.75, 3.05) is 5.33 Å². The zero-order chi connectivity index (χ0) is 8.43. The molecule has 1 rings (SSSR count). The largest absolute Gasteiger partial charge is 0.380 e. The second-order valence-electron chi connectivity index (χ2n) is 2.21. The molecule has 11 heavy (non-hydrogen) atoms. The molecule has 62 valence electrons. The van der Waals surface area contributed by atoms with E-state index in [4.69, 9.17) is 10.6 Å². The predicted octanol–water partition coefficient (Wildman–Crippen LogP) is 0.344. The van der Waals surface area contributed by atoms with Crippen molar-refractivity contribution in [1.29, 1.82) is 0 Å². The molecule has 1 heterocycles. The molecular weight excluding hydrogens is 212 g/mol. The highest BCUT2D eigenvalue weighted by Gasteiger charge is 2.25. The molecule has 0 radical (unpaired) electrons. The Kier molecular flexibility index (Phi) is 2.51. The average molecular weight is 221 g/mol. The number of carbonyl (C=O) groups excluding carboxylic acids is 1. The summed E-state index contributed by atoms with van der Waals surface area (Å²) in [6, 6.07) is 0. The molecule has 1 aliphatic rings. The molecule has 5 heteroatoms. The molecule has 0 saturated heterocycles. The molecule has 0 bridgehead atoms. The van der Waals surface area contributed by atoms with Gasteiger partial charge in [0, 0.05) is 0 Å². The number of alkyl halides is 1. The fourth-order valence-electron chi connectivity index (χ4n) is 0.831. The number of carbonyl (C=O) groups is 1. The Hall–Kier alpha value is -0.550. The number of hydrogen-bond donors (Lipinski definition) is 1. The zero-order valence-electron chi connectivity index (χ0n) is 6.08. The summed E-state index contributed by atoms with van der Waals surface area (Å²) in [7, 11) is 0. The monoisotopic (exact) mass is 220 g/mol. The summed E-state index contributed by atoms with van der Waals surface area (Å²) in [4.78, 5) is 16.0. The maximum absolute atomic E-state index is 11.0. The Morgan fingerprint density at radius 1 is 2.00 bits per heavy atom. The van der Waals surface area contributed by atoms with E-state index in [1.54, 1.807) is 13.0 Å². The molecule has 4 nitrogen and oxygen atoms in total.